The second-order valence-electron chi connectivity index (χ2n) is 11.3. The molecular formula is C28H34N4O7S. The van der Waals surface area contributed by atoms with Gasteiger partial charge in [0.25, 0.3) is 10.0 Å². The lowest BCUT2D eigenvalue weighted by molar-refractivity contribution is -0.134. The van der Waals surface area contributed by atoms with Crippen LogP contribution in [0.2, 0.25) is 0 Å². The molecule has 1 heterocycles. The number of hydrogen-bond acceptors (Lipinski definition) is 9. The molecule has 2 unspecified atom stereocenters. The molecule has 2 aromatic rings. The Balaban J connectivity index is 1.75. The first-order chi connectivity index (χ1) is 18.7. The van der Waals surface area contributed by atoms with Gasteiger partial charge in [-0.2, -0.15) is 13.9 Å². The summed E-state index contributed by atoms with van der Waals surface area (Å²) in [4.78, 5) is 45.1. The standard InChI is InChI=1S/C28H34N4O7S/c1-16(2)13-14-28(32-38-6)19-10-8-7-9-18(19)23(33)22(24(28)34)25-30-20-12-11-17(15-21(20)40(36,37)31-25)29-26(35)39-27(3,4)5/h7-12,15-16,22,32H,13-14H2,1-6H3,(H,29,35)(H,30,31). The van der Waals surface area contributed by atoms with Crippen LogP contribution in [0.3, 0.4) is 0 Å². The molecule has 0 radical (unpaired) electrons. The van der Waals surface area contributed by atoms with Crippen molar-refractivity contribution in [1.82, 2.24) is 5.48 Å². The second kappa shape index (κ2) is 10.8. The normalized spacial score (nSPS) is 21.7. The van der Waals surface area contributed by atoms with Crippen molar-refractivity contribution in [3.8, 4) is 0 Å². The van der Waals surface area contributed by atoms with Crippen molar-refractivity contribution < 1.29 is 32.4 Å². The van der Waals surface area contributed by atoms with Crippen LogP contribution in [0.1, 0.15) is 63.4 Å². The summed E-state index contributed by atoms with van der Waals surface area (Å²) in [7, 11) is -2.97. The van der Waals surface area contributed by atoms with Crippen molar-refractivity contribution in [2.75, 3.05) is 17.7 Å². The van der Waals surface area contributed by atoms with Crippen LogP contribution < -0.4 is 16.1 Å². The van der Waals surface area contributed by atoms with Gasteiger partial charge in [-0.3, -0.25) is 14.9 Å². The number of nitrogens with zero attached hydrogens (tertiary/aromatic N) is 1. The minimum absolute atomic E-state index is 0.117. The first-order valence-corrected chi connectivity index (χ1v) is 14.4. The lowest BCUT2D eigenvalue weighted by Crippen LogP contribution is -2.59. The number of carbonyl (C=O) groups is 3. The smallest absolute Gasteiger partial charge is 0.412 e. The first-order valence-electron chi connectivity index (χ1n) is 12.9. The van der Waals surface area contributed by atoms with E-state index in [0.717, 1.165) is 0 Å². The molecule has 40 heavy (non-hydrogen) atoms. The van der Waals surface area contributed by atoms with E-state index in [0.29, 0.717) is 18.4 Å². The zero-order valence-corrected chi connectivity index (χ0v) is 24.1. The van der Waals surface area contributed by atoms with Crippen molar-refractivity contribution >= 4 is 44.9 Å². The Morgan fingerprint density at radius 3 is 2.50 bits per heavy atom. The fourth-order valence-corrected chi connectivity index (χ4v) is 6.05. The van der Waals surface area contributed by atoms with Crippen LogP contribution in [-0.4, -0.2) is 44.6 Å². The number of hydrogen-bond donors (Lipinski definition) is 3. The van der Waals surface area contributed by atoms with E-state index < -0.39 is 44.7 Å². The van der Waals surface area contributed by atoms with Gasteiger partial charge < -0.3 is 14.9 Å². The third-order valence-electron chi connectivity index (χ3n) is 6.63. The maximum atomic E-state index is 14.2. The summed E-state index contributed by atoms with van der Waals surface area (Å²) in [5.74, 6) is -2.70. The fraction of sp³-hybridized carbons (Fsp3) is 0.429. The predicted octanol–water partition coefficient (Wildman–Crippen LogP) is 4.41. The highest BCUT2D eigenvalue weighted by Crippen LogP contribution is 2.41. The molecule has 0 aromatic heterocycles. The Hall–Kier alpha value is -3.61. The SMILES string of the molecule is CONC1(CCC(C)C)C(=O)C(C2=NS(=O)(=O)c3cc(NC(=O)OC(C)(C)C)ccc3N2)C(=O)c2ccccc21. The molecule has 12 heteroatoms. The maximum absolute atomic E-state index is 14.2. The van der Waals surface area contributed by atoms with E-state index in [1.165, 1.54) is 25.3 Å². The number of ketones is 2. The summed E-state index contributed by atoms with van der Waals surface area (Å²) in [6.45, 7) is 9.15. The summed E-state index contributed by atoms with van der Waals surface area (Å²) in [6, 6.07) is 10.9. The van der Waals surface area contributed by atoms with Gasteiger partial charge in [-0.05, 0) is 63.3 Å². The molecule has 0 saturated heterocycles. The van der Waals surface area contributed by atoms with Crippen LogP contribution in [0.4, 0.5) is 16.2 Å². The molecule has 0 fully saturated rings. The van der Waals surface area contributed by atoms with E-state index in [2.05, 4.69) is 20.5 Å². The highest BCUT2D eigenvalue weighted by molar-refractivity contribution is 7.90. The minimum Gasteiger partial charge on any atom is -0.444 e. The molecular weight excluding hydrogens is 536 g/mol. The van der Waals surface area contributed by atoms with Crippen molar-refractivity contribution in [1.29, 1.82) is 0 Å². The van der Waals surface area contributed by atoms with Gasteiger partial charge >= 0.3 is 6.09 Å². The first kappa shape index (κ1) is 29.4. The molecule has 4 rings (SSSR count). The number of hydroxylamine groups is 1. The van der Waals surface area contributed by atoms with Crippen LogP contribution in [0.25, 0.3) is 0 Å². The summed E-state index contributed by atoms with van der Waals surface area (Å²) >= 11 is 0. The van der Waals surface area contributed by atoms with Crippen LogP contribution in [0.15, 0.2) is 51.8 Å². The second-order valence-corrected chi connectivity index (χ2v) is 12.8. The number of nitrogens with one attached hydrogen (secondary N) is 3. The fourth-order valence-electron chi connectivity index (χ4n) is 4.87. The zero-order chi connectivity index (χ0) is 29.5. The number of Topliss-reactive ketones (excluding diaryl/α,β-unsaturated/α-hetero) is 2. The van der Waals surface area contributed by atoms with E-state index in [1.54, 1.807) is 45.0 Å². The maximum Gasteiger partial charge on any atom is 0.412 e. The van der Waals surface area contributed by atoms with Crippen LogP contribution in [-0.2, 0) is 29.9 Å². The number of fused-ring (bicyclic) bond motifs is 2. The third kappa shape index (κ3) is 5.65. The lowest BCUT2D eigenvalue weighted by atomic mass is 9.67. The van der Waals surface area contributed by atoms with Crippen molar-refractivity contribution in [3.05, 3.63) is 53.6 Å². The number of amides is 1. The Labute approximate surface area is 233 Å². The molecule has 0 bridgehead atoms. The van der Waals surface area contributed by atoms with Crippen molar-refractivity contribution in [3.63, 3.8) is 0 Å². The third-order valence-corrected chi connectivity index (χ3v) is 7.96. The molecule has 2 atom stereocenters. The molecule has 0 spiro atoms. The number of amidine groups is 1. The Morgan fingerprint density at radius 1 is 1.15 bits per heavy atom. The summed E-state index contributed by atoms with van der Waals surface area (Å²) < 4.78 is 35.7. The summed E-state index contributed by atoms with van der Waals surface area (Å²) in [6.07, 6.45) is 0.193. The van der Waals surface area contributed by atoms with Gasteiger partial charge in [0.1, 0.15) is 27.8 Å². The van der Waals surface area contributed by atoms with Gasteiger partial charge in [-0.15, -0.1) is 4.40 Å². The van der Waals surface area contributed by atoms with E-state index in [9.17, 15) is 22.8 Å². The monoisotopic (exact) mass is 570 g/mol. The quantitative estimate of drug-likeness (QED) is 0.325. The molecule has 3 N–H and O–H groups in total. The molecule has 1 amide bonds. The number of rotatable bonds is 7. The van der Waals surface area contributed by atoms with Gasteiger partial charge in [-0.1, -0.05) is 38.1 Å². The molecule has 1 aliphatic carbocycles. The van der Waals surface area contributed by atoms with Crippen molar-refractivity contribution in [2.45, 2.75) is 63.5 Å². The van der Waals surface area contributed by atoms with Crippen molar-refractivity contribution in [2.24, 2.45) is 16.2 Å². The average molecular weight is 571 g/mol. The number of carbonyl (C=O) groups excluding carboxylic acids is 3. The highest BCUT2D eigenvalue weighted by Gasteiger charge is 2.54. The van der Waals surface area contributed by atoms with Gasteiger partial charge in [0.05, 0.1) is 12.8 Å². The van der Waals surface area contributed by atoms with E-state index in [4.69, 9.17) is 9.57 Å². The van der Waals surface area contributed by atoms with Gasteiger partial charge in [0.15, 0.2) is 11.6 Å². The van der Waals surface area contributed by atoms with Crippen LogP contribution in [0.5, 0.6) is 0 Å². The molecule has 2 aromatic carbocycles. The molecule has 1 aliphatic heterocycles. The number of anilines is 2. The van der Waals surface area contributed by atoms with Crippen LogP contribution in [0, 0.1) is 11.8 Å². The summed E-state index contributed by atoms with van der Waals surface area (Å²) in [5.41, 5.74) is 1.75. The Morgan fingerprint density at radius 2 is 1.85 bits per heavy atom. The van der Waals surface area contributed by atoms with E-state index in [-0.39, 0.29) is 33.6 Å². The molecule has 0 saturated carbocycles. The predicted molar refractivity (Wildman–Crippen MR) is 150 cm³/mol. The van der Waals surface area contributed by atoms with Gasteiger partial charge in [0, 0.05) is 11.3 Å². The van der Waals surface area contributed by atoms with Crippen LogP contribution >= 0.6 is 0 Å². The lowest BCUT2D eigenvalue weighted by Gasteiger charge is -2.41. The number of benzene rings is 2. The number of sulfonamides is 1. The van der Waals surface area contributed by atoms with Gasteiger partial charge in [-0.25, -0.2) is 4.79 Å². The minimum atomic E-state index is -4.36. The zero-order valence-electron chi connectivity index (χ0n) is 23.3. The molecule has 11 nitrogen and oxygen atoms in total. The molecule has 214 valence electrons. The largest absolute Gasteiger partial charge is 0.444 e. The Kier molecular flexibility index (Phi) is 7.90. The Bertz CT molecular complexity index is 1490. The molecule has 2 aliphatic rings. The topological polar surface area (TPSA) is 152 Å². The average Bonchev–Trinajstić information content (AvgIpc) is 2.85. The number of ether oxygens (including phenoxy) is 1. The highest BCUT2D eigenvalue weighted by atomic mass is 32.2. The summed E-state index contributed by atoms with van der Waals surface area (Å²) in [5, 5.41) is 5.40. The van der Waals surface area contributed by atoms with Gasteiger partial charge in [0.2, 0.25) is 0 Å². The van der Waals surface area contributed by atoms with E-state index in [1.807, 2.05) is 13.8 Å². The van der Waals surface area contributed by atoms with E-state index >= 15 is 0 Å².